The van der Waals surface area contributed by atoms with Crippen molar-refractivity contribution in [1.82, 2.24) is 4.98 Å². The Morgan fingerprint density at radius 1 is 1.09 bits per heavy atom. The summed E-state index contributed by atoms with van der Waals surface area (Å²) in [5.74, 6) is -0.0403. The molecule has 0 fully saturated rings. The standard InChI is InChI=1S/C28H26ClN3O2/c1-28(2)15-22-26(24(33)16-28)27(19-6-5-13-30-17-19)32(23-8-4-3-7-21(23)31-22)25(34)14-18-9-11-20(29)12-10-18/h3-13,17,27,31H,14-16H2,1-2H3/t27-/m0/s1. The molecule has 2 heterocycles. The summed E-state index contributed by atoms with van der Waals surface area (Å²) in [6, 6.07) is 18.3. The summed E-state index contributed by atoms with van der Waals surface area (Å²) in [7, 11) is 0. The number of benzene rings is 2. The number of anilines is 2. The van der Waals surface area contributed by atoms with Gasteiger partial charge in [-0.15, -0.1) is 0 Å². The molecule has 1 aliphatic heterocycles. The van der Waals surface area contributed by atoms with Crippen LogP contribution in [0.3, 0.4) is 0 Å². The number of carbonyl (C=O) groups is 2. The molecule has 0 spiro atoms. The van der Waals surface area contributed by atoms with E-state index in [4.69, 9.17) is 11.6 Å². The molecule has 3 aromatic rings. The highest BCUT2D eigenvalue weighted by molar-refractivity contribution is 6.30. The maximum atomic E-state index is 14.0. The van der Waals surface area contributed by atoms with Crippen molar-refractivity contribution in [1.29, 1.82) is 0 Å². The van der Waals surface area contributed by atoms with Crippen LogP contribution in [0.1, 0.15) is 43.9 Å². The zero-order valence-corrected chi connectivity index (χ0v) is 20.0. The summed E-state index contributed by atoms with van der Waals surface area (Å²) in [6.45, 7) is 4.21. The summed E-state index contributed by atoms with van der Waals surface area (Å²) in [5.41, 5.74) is 4.59. The van der Waals surface area contributed by atoms with E-state index in [0.717, 1.165) is 34.6 Å². The van der Waals surface area contributed by atoms with Crippen molar-refractivity contribution in [3.63, 3.8) is 0 Å². The van der Waals surface area contributed by atoms with Crippen LogP contribution in [0.15, 0.2) is 84.3 Å². The third-order valence-electron chi connectivity index (χ3n) is 6.44. The van der Waals surface area contributed by atoms with Gasteiger partial charge in [-0.05, 0) is 53.3 Å². The molecule has 0 unspecified atom stereocenters. The Bertz CT molecular complexity index is 1280. The number of rotatable bonds is 3. The summed E-state index contributed by atoms with van der Waals surface area (Å²) in [4.78, 5) is 33.7. The van der Waals surface area contributed by atoms with Gasteiger partial charge in [-0.25, -0.2) is 0 Å². The number of hydrogen-bond acceptors (Lipinski definition) is 4. The van der Waals surface area contributed by atoms with Crippen LogP contribution in [0.5, 0.6) is 0 Å². The second kappa shape index (κ2) is 8.73. The minimum absolute atomic E-state index is 0.0599. The number of nitrogens with zero attached hydrogens (tertiary/aromatic N) is 2. The Balaban J connectivity index is 1.70. The predicted molar refractivity (Wildman–Crippen MR) is 135 cm³/mol. The molecule has 1 N–H and O–H groups in total. The second-order valence-corrected chi connectivity index (χ2v) is 10.2. The number of allylic oxidation sites excluding steroid dienone is 1. The lowest BCUT2D eigenvalue weighted by Gasteiger charge is -2.37. The van der Waals surface area contributed by atoms with Gasteiger partial charge in [0.05, 0.1) is 23.8 Å². The van der Waals surface area contributed by atoms with Crippen LogP contribution in [0.2, 0.25) is 5.02 Å². The number of fused-ring (bicyclic) bond motifs is 1. The summed E-state index contributed by atoms with van der Waals surface area (Å²) in [5, 5.41) is 4.15. The molecule has 0 bridgehead atoms. The van der Waals surface area contributed by atoms with Gasteiger partial charge < -0.3 is 5.32 Å². The lowest BCUT2D eigenvalue weighted by molar-refractivity contribution is -0.119. The second-order valence-electron chi connectivity index (χ2n) is 9.73. The van der Waals surface area contributed by atoms with Crippen LogP contribution in [-0.2, 0) is 16.0 Å². The molecule has 34 heavy (non-hydrogen) atoms. The Hall–Kier alpha value is -3.44. The smallest absolute Gasteiger partial charge is 0.232 e. The highest BCUT2D eigenvalue weighted by Gasteiger charge is 2.43. The SMILES string of the molecule is CC1(C)CC(=O)C2=C(C1)Nc1ccccc1N(C(=O)Cc1ccc(Cl)cc1)[C@H]2c1cccnc1. The van der Waals surface area contributed by atoms with Gasteiger partial charge in [-0.3, -0.25) is 19.5 Å². The van der Waals surface area contributed by atoms with Crippen molar-refractivity contribution >= 4 is 34.7 Å². The monoisotopic (exact) mass is 471 g/mol. The molecule has 0 radical (unpaired) electrons. The first-order valence-electron chi connectivity index (χ1n) is 11.4. The van der Waals surface area contributed by atoms with E-state index in [2.05, 4.69) is 24.1 Å². The highest BCUT2D eigenvalue weighted by Crippen LogP contribution is 2.48. The van der Waals surface area contributed by atoms with Crippen molar-refractivity contribution in [2.24, 2.45) is 5.41 Å². The summed E-state index contributed by atoms with van der Waals surface area (Å²) in [6.07, 6.45) is 4.79. The van der Waals surface area contributed by atoms with Crippen molar-refractivity contribution in [3.05, 3.63) is 100 Å². The Labute approximate surface area is 204 Å². The molecule has 5 rings (SSSR count). The number of halogens is 1. The Morgan fingerprint density at radius 2 is 1.85 bits per heavy atom. The van der Waals surface area contributed by atoms with Gasteiger partial charge in [0.25, 0.3) is 0 Å². The third-order valence-corrected chi connectivity index (χ3v) is 6.69. The Morgan fingerprint density at radius 3 is 2.59 bits per heavy atom. The van der Waals surface area contributed by atoms with Crippen molar-refractivity contribution < 1.29 is 9.59 Å². The topological polar surface area (TPSA) is 62.3 Å². The fourth-order valence-corrected chi connectivity index (χ4v) is 5.10. The third kappa shape index (κ3) is 4.24. The van der Waals surface area contributed by atoms with Crippen LogP contribution < -0.4 is 10.2 Å². The number of aromatic nitrogens is 1. The highest BCUT2D eigenvalue weighted by atomic mass is 35.5. The van der Waals surface area contributed by atoms with E-state index in [0.29, 0.717) is 17.0 Å². The van der Waals surface area contributed by atoms with E-state index in [-0.39, 0.29) is 23.5 Å². The van der Waals surface area contributed by atoms with Crippen molar-refractivity contribution in [2.45, 2.75) is 39.2 Å². The van der Waals surface area contributed by atoms with Gasteiger partial charge in [-0.2, -0.15) is 0 Å². The molecular weight excluding hydrogens is 446 g/mol. The number of para-hydroxylation sites is 2. The van der Waals surface area contributed by atoms with Crippen LogP contribution in [0.4, 0.5) is 11.4 Å². The fraction of sp³-hybridized carbons (Fsp3) is 0.250. The minimum Gasteiger partial charge on any atom is -0.357 e. The minimum atomic E-state index is -0.566. The number of ketones is 1. The van der Waals surface area contributed by atoms with Gasteiger partial charge in [0.15, 0.2) is 5.78 Å². The lowest BCUT2D eigenvalue weighted by Crippen LogP contribution is -2.40. The van der Waals surface area contributed by atoms with Gasteiger partial charge in [0, 0.05) is 35.1 Å². The van der Waals surface area contributed by atoms with Crippen molar-refractivity contribution in [2.75, 3.05) is 10.2 Å². The molecule has 1 aliphatic carbocycles. The lowest BCUT2D eigenvalue weighted by atomic mass is 9.73. The van der Waals surface area contributed by atoms with E-state index in [1.54, 1.807) is 29.4 Å². The molecule has 0 saturated carbocycles. The predicted octanol–water partition coefficient (Wildman–Crippen LogP) is 6.12. The van der Waals surface area contributed by atoms with Crippen LogP contribution >= 0.6 is 11.6 Å². The number of nitrogens with one attached hydrogen (secondary N) is 1. The molecule has 1 atom stereocenters. The van der Waals surface area contributed by atoms with Crippen LogP contribution in [-0.4, -0.2) is 16.7 Å². The van der Waals surface area contributed by atoms with E-state index >= 15 is 0 Å². The number of hydrogen-bond donors (Lipinski definition) is 1. The van der Waals surface area contributed by atoms with Gasteiger partial charge in [0.2, 0.25) is 5.91 Å². The first-order valence-corrected chi connectivity index (χ1v) is 11.8. The van der Waals surface area contributed by atoms with Crippen LogP contribution in [0.25, 0.3) is 0 Å². The first-order chi connectivity index (χ1) is 16.3. The first kappa shape index (κ1) is 22.4. The van der Waals surface area contributed by atoms with Crippen molar-refractivity contribution in [3.8, 4) is 0 Å². The Kier molecular flexibility index (Phi) is 5.74. The number of amides is 1. The average molecular weight is 472 g/mol. The molecular formula is C28H26ClN3O2. The summed E-state index contributed by atoms with van der Waals surface area (Å²) >= 11 is 6.05. The number of Topliss-reactive ketones (excluding diaryl/α,β-unsaturated/α-hetero) is 1. The zero-order valence-electron chi connectivity index (χ0n) is 19.2. The quantitative estimate of drug-likeness (QED) is 0.499. The van der Waals surface area contributed by atoms with Gasteiger partial charge >= 0.3 is 0 Å². The van der Waals surface area contributed by atoms with E-state index in [9.17, 15) is 9.59 Å². The largest absolute Gasteiger partial charge is 0.357 e. The molecule has 5 nitrogen and oxygen atoms in total. The molecule has 2 aliphatic rings. The average Bonchev–Trinajstić information content (AvgIpc) is 2.94. The molecule has 1 aromatic heterocycles. The molecule has 1 amide bonds. The molecule has 172 valence electrons. The van der Waals surface area contributed by atoms with E-state index in [1.807, 2.05) is 48.5 Å². The van der Waals surface area contributed by atoms with E-state index < -0.39 is 6.04 Å². The maximum absolute atomic E-state index is 14.0. The van der Waals surface area contributed by atoms with E-state index in [1.165, 1.54) is 0 Å². The number of carbonyl (C=O) groups excluding carboxylic acids is 2. The van der Waals surface area contributed by atoms with Gasteiger partial charge in [-0.1, -0.05) is 55.8 Å². The fourth-order valence-electron chi connectivity index (χ4n) is 4.98. The molecule has 0 saturated heterocycles. The molecule has 6 heteroatoms. The number of pyridine rings is 1. The normalized spacial score (nSPS) is 19.1. The summed E-state index contributed by atoms with van der Waals surface area (Å²) < 4.78 is 0. The van der Waals surface area contributed by atoms with Crippen LogP contribution in [0, 0.1) is 5.41 Å². The molecule has 2 aromatic carbocycles. The van der Waals surface area contributed by atoms with Gasteiger partial charge in [0.1, 0.15) is 0 Å². The maximum Gasteiger partial charge on any atom is 0.232 e. The zero-order chi connectivity index (χ0) is 23.9.